The summed E-state index contributed by atoms with van der Waals surface area (Å²) in [5.41, 5.74) is 1.64. The van der Waals surface area contributed by atoms with E-state index >= 15 is 0 Å². The molecule has 2 aromatic carbocycles. The van der Waals surface area contributed by atoms with Gasteiger partial charge >= 0.3 is 0 Å². The van der Waals surface area contributed by atoms with Crippen LogP contribution in [0.3, 0.4) is 0 Å². The van der Waals surface area contributed by atoms with E-state index in [4.69, 9.17) is 10.00 Å². The van der Waals surface area contributed by atoms with Crippen molar-refractivity contribution in [2.45, 2.75) is 24.2 Å². The lowest BCUT2D eigenvalue weighted by Gasteiger charge is -2.26. The first-order valence-electron chi connectivity index (χ1n) is 9.61. The molecule has 8 heteroatoms. The Kier molecular flexibility index (Phi) is 6.87. The number of nitrogens with one attached hydrogen (secondary N) is 1. The summed E-state index contributed by atoms with van der Waals surface area (Å²) in [6.07, 6.45) is 5.60. The molecule has 1 fully saturated rings. The number of methoxy groups -OCH3 is 1. The zero-order valence-electron chi connectivity index (χ0n) is 16.7. The average Bonchev–Trinajstić information content (AvgIpc) is 2.78. The van der Waals surface area contributed by atoms with Crippen LogP contribution in [0.15, 0.2) is 53.4 Å². The number of amides is 1. The summed E-state index contributed by atoms with van der Waals surface area (Å²) in [6, 6.07) is 13.3. The van der Waals surface area contributed by atoms with E-state index in [2.05, 4.69) is 5.32 Å². The lowest BCUT2D eigenvalue weighted by Crippen LogP contribution is -2.35. The van der Waals surface area contributed by atoms with Crippen LogP contribution in [0.5, 0.6) is 5.75 Å². The number of sulfonamides is 1. The summed E-state index contributed by atoms with van der Waals surface area (Å²) in [7, 11) is -2.24. The lowest BCUT2D eigenvalue weighted by molar-refractivity contribution is -0.111. The second kappa shape index (κ2) is 9.57. The number of nitriles is 1. The van der Waals surface area contributed by atoms with Crippen molar-refractivity contribution in [2.75, 3.05) is 25.5 Å². The predicted octanol–water partition coefficient (Wildman–Crippen LogP) is 3.39. The Balaban J connectivity index is 1.78. The van der Waals surface area contributed by atoms with Crippen LogP contribution < -0.4 is 10.1 Å². The molecule has 1 aliphatic heterocycles. The van der Waals surface area contributed by atoms with Gasteiger partial charge in [0.2, 0.25) is 15.9 Å². The molecule has 156 valence electrons. The van der Waals surface area contributed by atoms with Gasteiger partial charge in [-0.3, -0.25) is 4.79 Å². The van der Waals surface area contributed by atoms with E-state index in [0.717, 1.165) is 19.3 Å². The molecule has 1 N–H and O–H groups in total. The second-order valence-electron chi connectivity index (χ2n) is 6.89. The molecular weight excluding hydrogens is 402 g/mol. The largest absolute Gasteiger partial charge is 0.495 e. The Morgan fingerprint density at radius 1 is 1.13 bits per heavy atom. The number of carbonyl (C=O) groups excluding carboxylic acids is 1. The molecule has 3 rings (SSSR count). The third-order valence-electron chi connectivity index (χ3n) is 4.83. The summed E-state index contributed by atoms with van der Waals surface area (Å²) in [6.45, 7) is 0.997. The van der Waals surface area contributed by atoms with Crippen LogP contribution in [0.1, 0.15) is 30.4 Å². The average molecular weight is 426 g/mol. The number of hydrogen-bond acceptors (Lipinski definition) is 5. The molecule has 0 saturated carbocycles. The van der Waals surface area contributed by atoms with E-state index < -0.39 is 10.0 Å². The van der Waals surface area contributed by atoms with Crippen molar-refractivity contribution in [3.8, 4) is 11.8 Å². The fourth-order valence-corrected chi connectivity index (χ4v) is 4.93. The van der Waals surface area contributed by atoms with Crippen LogP contribution in [0.2, 0.25) is 0 Å². The Morgan fingerprint density at radius 3 is 2.47 bits per heavy atom. The summed E-state index contributed by atoms with van der Waals surface area (Å²) in [5.74, 6) is -0.0873. The van der Waals surface area contributed by atoms with Gasteiger partial charge in [0.1, 0.15) is 10.6 Å². The number of rotatable bonds is 6. The van der Waals surface area contributed by atoms with Gasteiger partial charge in [0, 0.05) is 24.9 Å². The minimum absolute atomic E-state index is 0.0987. The number of carbonyl (C=O) groups is 1. The zero-order chi connectivity index (χ0) is 21.6. The van der Waals surface area contributed by atoms with Gasteiger partial charge in [-0.05, 0) is 60.9 Å². The molecule has 0 atom stereocenters. The maximum Gasteiger partial charge on any atom is 0.248 e. The van der Waals surface area contributed by atoms with E-state index in [-0.39, 0.29) is 16.6 Å². The van der Waals surface area contributed by atoms with Crippen molar-refractivity contribution in [3.05, 3.63) is 59.7 Å². The Hall–Kier alpha value is -3.15. The first kappa shape index (κ1) is 21.6. The quantitative estimate of drug-likeness (QED) is 0.715. The molecule has 30 heavy (non-hydrogen) atoms. The Morgan fingerprint density at radius 2 is 1.83 bits per heavy atom. The zero-order valence-corrected chi connectivity index (χ0v) is 17.5. The number of anilines is 1. The number of piperidine rings is 1. The topological polar surface area (TPSA) is 99.5 Å². The molecule has 0 bridgehead atoms. The molecule has 0 aliphatic carbocycles. The Bertz CT molecular complexity index is 1080. The maximum atomic E-state index is 13.1. The fraction of sp³-hybridized carbons (Fsp3) is 0.273. The molecule has 2 aromatic rings. The van der Waals surface area contributed by atoms with Gasteiger partial charge in [-0.25, -0.2) is 8.42 Å². The third kappa shape index (κ3) is 5.06. The van der Waals surface area contributed by atoms with Crippen molar-refractivity contribution in [3.63, 3.8) is 0 Å². The highest BCUT2D eigenvalue weighted by Crippen LogP contribution is 2.30. The summed E-state index contributed by atoms with van der Waals surface area (Å²) in [5, 5.41) is 11.5. The van der Waals surface area contributed by atoms with E-state index in [1.807, 2.05) is 6.07 Å². The highest BCUT2D eigenvalue weighted by Gasteiger charge is 2.28. The summed E-state index contributed by atoms with van der Waals surface area (Å²) < 4.78 is 32.9. The van der Waals surface area contributed by atoms with Gasteiger partial charge in [-0.15, -0.1) is 0 Å². The molecular formula is C22H23N3O4S. The fourth-order valence-electron chi connectivity index (χ4n) is 3.23. The standard InChI is InChI=1S/C22H23N3O4S/c1-29-20-11-7-17(15-21(20)30(27,28)25-13-3-2-4-14-25)8-12-22(26)24-19-9-5-18(16-23)6-10-19/h5-12,15H,2-4,13-14H2,1H3,(H,24,26)/b12-8+. The number of ether oxygens (including phenoxy) is 1. The number of nitrogens with zero attached hydrogens (tertiary/aromatic N) is 2. The van der Waals surface area contributed by atoms with Crippen LogP contribution >= 0.6 is 0 Å². The molecule has 1 saturated heterocycles. The van der Waals surface area contributed by atoms with E-state index in [0.29, 0.717) is 29.9 Å². The van der Waals surface area contributed by atoms with E-state index in [1.165, 1.54) is 23.6 Å². The summed E-state index contributed by atoms with van der Waals surface area (Å²) >= 11 is 0. The molecule has 1 heterocycles. The van der Waals surface area contributed by atoms with Crippen LogP contribution in [0.4, 0.5) is 5.69 Å². The van der Waals surface area contributed by atoms with E-state index in [9.17, 15) is 13.2 Å². The van der Waals surface area contributed by atoms with Gasteiger partial charge in [-0.2, -0.15) is 9.57 Å². The molecule has 0 aromatic heterocycles. The SMILES string of the molecule is COc1ccc(/C=C/C(=O)Nc2ccc(C#N)cc2)cc1S(=O)(=O)N1CCCCC1. The highest BCUT2D eigenvalue weighted by molar-refractivity contribution is 7.89. The third-order valence-corrected chi connectivity index (χ3v) is 6.75. The highest BCUT2D eigenvalue weighted by atomic mass is 32.2. The van der Waals surface area contributed by atoms with Crippen molar-refractivity contribution in [1.82, 2.24) is 4.31 Å². The van der Waals surface area contributed by atoms with Crippen LogP contribution in [-0.4, -0.2) is 38.8 Å². The van der Waals surface area contributed by atoms with Gasteiger partial charge in [0.15, 0.2) is 0 Å². The summed E-state index contributed by atoms with van der Waals surface area (Å²) in [4.78, 5) is 12.3. The monoisotopic (exact) mass is 425 g/mol. The van der Waals surface area contributed by atoms with Gasteiger partial charge in [-0.1, -0.05) is 12.5 Å². The molecule has 1 aliphatic rings. The molecule has 7 nitrogen and oxygen atoms in total. The predicted molar refractivity (Wildman–Crippen MR) is 114 cm³/mol. The first-order chi connectivity index (χ1) is 14.4. The number of benzene rings is 2. The van der Waals surface area contributed by atoms with Gasteiger partial charge in [0.05, 0.1) is 18.7 Å². The molecule has 0 unspecified atom stereocenters. The van der Waals surface area contributed by atoms with Crippen LogP contribution in [0, 0.1) is 11.3 Å². The maximum absolute atomic E-state index is 13.1. The Labute approximate surface area is 176 Å². The normalized spacial score (nSPS) is 14.9. The molecule has 0 spiro atoms. The van der Waals surface area contributed by atoms with Gasteiger partial charge < -0.3 is 10.1 Å². The minimum atomic E-state index is -3.67. The van der Waals surface area contributed by atoms with Crippen LogP contribution in [0.25, 0.3) is 6.08 Å². The van der Waals surface area contributed by atoms with Gasteiger partial charge in [0.25, 0.3) is 0 Å². The molecule has 1 amide bonds. The van der Waals surface area contributed by atoms with Crippen LogP contribution in [-0.2, 0) is 14.8 Å². The van der Waals surface area contributed by atoms with E-state index in [1.54, 1.807) is 42.5 Å². The molecule has 0 radical (unpaired) electrons. The van der Waals surface area contributed by atoms with Crippen molar-refractivity contribution >= 4 is 27.7 Å². The smallest absolute Gasteiger partial charge is 0.248 e. The number of hydrogen-bond donors (Lipinski definition) is 1. The minimum Gasteiger partial charge on any atom is -0.495 e. The second-order valence-corrected chi connectivity index (χ2v) is 8.79. The lowest BCUT2D eigenvalue weighted by atomic mass is 10.2. The van der Waals surface area contributed by atoms with Crippen molar-refractivity contribution in [2.24, 2.45) is 0 Å². The first-order valence-corrected chi connectivity index (χ1v) is 11.1. The van der Waals surface area contributed by atoms with Crippen molar-refractivity contribution < 1.29 is 17.9 Å². The van der Waals surface area contributed by atoms with Crippen molar-refractivity contribution in [1.29, 1.82) is 5.26 Å².